The topological polar surface area (TPSA) is 24.9 Å². The highest BCUT2D eigenvalue weighted by Crippen LogP contribution is 2.23. The normalized spacial score (nSPS) is 12.6. The molecule has 1 aromatic carbocycles. The van der Waals surface area contributed by atoms with Gasteiger partial charge >= 0.3 is 0 Å². The second kappa shape index (κ2) is 6.07. The molecule has 0 spiro atoms. The molecule has 1 aromatic heterocycles. The van der Waals surface area contributed by atoms with Crippen LogP contribution in [0, 0.1) is 12.7 Å². The van der Waals surface area contributed by atoms with E-state index >= 15 is 0 Å². The van der Waals surface area contributed by atoms with Gasteiger partial charge in [-0.15, -0.1) is 11.3 Å². The van der Waals surface area contributed by atoms with Crippen molar-refractivity contribution >= 4 is 11.3 Å². The molecule has 0 amide bonds. The van der Waals surface area contributed by atoms with Crippen LogP contribution < -0.4 is 5.32 Å². The highest BCUT2D eigenvalue weighted by molar-refractivity contribution is 7.09. The maximum atomic E-state index is 13.4. The first kappa shape index (κ1) is 13.2. The van der Waals surface area contributed by atoms with Crippen LogP contribution in [0.5, 0.6) is 0 Å². The largest absolute Gasteiger partial charge is 0.310 e. The fourth-order valence-corrected chi connectivity index (χ4v) is 2.72. The van der Waals surface area contributed by atoms with Gasteiger partial charge in [-0.3, -0.25) is 0 Å². The molecule has 0 saturated heterocycles. The van der Waals surface area contributed by atoms with Crippen molar-refractivity contribution in [3.05, 3.63) is 51.7 Å². The third kappa shape index (κ3) is 3.15. The lowest BCUT2D eigenvalue weighted by Gasteiger charge is -2.19. The molecule has 18 heavy (non-hydrogen) atoms. The fraction of sp³-hybridized carbons (Fsp3) is 0.357. The third-order valence-corrected chi connectivity index (χ3v) is 3.73. The lowest BCUT2D eigenvalue weighted by molar-refractivity contribution is 0.539. The van der Waals surface area contributed by atoms with Crippen LogP contribution in [0.1, 0.15) is 29.1 Å². The second-order valence-corrected chi connectivity index (χ2v) is 5.22. The molecule has 0 saturated carbocycles. The Kier molecular flexibility index (Phi) is 4.44. The Labute approximate surface area is 111 Å². The number of hydrogen-bond acceptors (Lipinski definition) is 3. The van der Waals surface area contributed by atoms with Crippen LogP contribution in [0.15, 0.2) is 29.8 Å². The first-order chi connectivity index (χ1) is 8.70. The molecule has 1 unspecified atom stereocenters. The van der Waals surface area contributed by atoms with Crippen molar-refractivity contribution in [1.29, 1.82) is 0 Å². The van der Waals surface area contributed by atoms with Gasteiger partial charge in [-0.2, -0.15) is 0 Å². The molecule has 4 heteroatoms. The molecule has 2 aromatic rings. The molecular weight excluding hydrogens is 247 g/mol. The zero-order valence-electron chi connectivity index (χ0n) is 10.6. The molecule has 0 aliphatic carbocycles. The van der Waals surface area contributed by atoms with Crippen LogP contribution in [-0.2, 0) is 6.42 Å². The van der Waals surface area contributed by atoms with Crippen LogP contribution >= 0.6 is 11.3 Å². The van der Waals surface area contributed by atoms with E-state index < -0.39 is 0 Å². The van der Waals surface area contributed by atoms with E-state index in [2.05, 4.69) is 17.2 Å². The summed E-state index contributed by atoms with van der Waals surface area (Å²) in [5.74, 6) is -0.183. The van der Waals surface area contributed by atoms with Gasteiger partial charge in [-0.25, -0.2) is 9.37 Å². The van der Waals surface area contributed by atoms with E-state index in [1.807, 2.05) is 18.4 Å². The van der Waals surface area contributed by atoms with Gasteiger partial charge in [-0.1, -0.05) is 13.0 Å². The zero-order chi connectivity index (χ0) is 13.0. The smallest absolute Gasteiger partial charge is 0.123 e. The SMILES string of the molecule is CCNC(Cc1nccs1)c1cc(F)ccc1C. The Morgan fingerprint density at radius 3 is 2.94 bits per heavy atom. The summed E-state index contributed by atoms with van der Waals surface area (Å²) in [6.45, 7) is 4.93. The van der Waals surface area contributed by atoms with Crippen LogP contribution in [-0.4, -0.2) is 11.5 Å². The maximum absolute atomic E-state index is 13.4. The summed E-state index contributed by atoms with van der Waals surface area (Å²) in [6, 6.07) is 5.08. The molecule has 96 valence electrons. The number of nitrogens with one attached hydrogen (secondary N) is 1. The highest BCUT2D eigenvalue weighted by Gasteiger charge is 2.15. The van der Waals surface area contributed by atoms with Crippen molar-refractivity contribution in [1.82, 2.24) is 10.3 Å². The van der Waals surface area contributed by atoms with Gasteiger partial charge < -0.3 is 5.32 Å². The van der Waals surface area contributed by atoms with Gasteiger partial charge in [0, 0.05) is 24.0 Å². The Balaban J connectivity index is 2.26. The number of thiazole rings is 1. The number of aryl methyl sites for hydroxylation is 1. The number of aromatic nitrogens is 1. The zero-order valence-corrected chi connectivity index (χ0v) is 11.4. The Hall–Kier alpha value is -1.26. The summed E-state index contributed by atoms with van der Waals surface area (Å²) in [4.78, 5) is 4.30. The summed E-state index contributed by atoms with van der Waals surface area (Å²) in [5, 5.41) is 6.45. The average Bonchev–Trinajstić information content (AvgIpc) is 2.85. The van der Waals surface area contributed by atoms with Gasteiger partial charge in [0.05, 0.1) is 5.01 Å². The number of nitrogens with zero attached hydrogens (tertiary/aromatic N) is 1. The predicted octanol–water partition coefficient (Wildman–Crippen LogP) is 3.48. The van der Waals surface area contributed by atoms with E-state index in [1.54, 1.807) is 23.6 Å². The Morgan fingerprint density at radius 2 is 2.28 bits per heavy atom. The van der Waals surface area contributed by atoms with Gasteiger partial charge in [0.15, 0.2) is 0 Å². The molecule has 0 bridgehead atoms. The summed E-state index contributed by atoms with van der Waals surface area (Å²) in [6.07, 6.45) is 2.61. The molecular formula is C14H17FN2S. The summed E-state index contributed by atoms with van der Waals surface area (Å²) < 4.78 is 13.4. The minimum absolute atomic E-state index is 0.122. The summed E-state index contributed by atoms with van der Waals surface area (Å²) >= 11 is 1.64. The predicted molar refractivity (Wildman–Crippen MR) is 73.4 cm³/mol. The monoisotopic (exact) mass is 264 g/mol. The number of benzene rings is 1. The maximum Gasteiger partial charge on any atom is 0.123 e. The van der Waals surface area contributed by atoms with Crippen molar-refractivity contribution in [2.75, 3.05) is 6.54 Å². The molecule has 2 nitrogen and oxygen atoms in total. The Morgan fingerprint density at radius 1 is 1.44 bits per heavy atom. The van der Waals surface area contributed by atoms with E-state index in [4.69, 9.17) is 0 Å². The third-order valence-electron chi connectivity index (χ3n) is 2.93. The lowest BCUT2D eigenvalue weighted by atomic mass is 9.98. The molecule has 1 N–H and O–H groups in total. The van der Waals surface area contributed by atoms with Crippen molar-refractivity contribution in [2.45, 2.75) is 26.3 Å². The standard InChI is InChI=1S/C14H17FN2S/c1-3-16-13(9-14-17-6-7-18-14)12-8-11(15)5-4-10(12)2/h4-8,13,16H,3,9H2,1-2H3. The summed E-state index contributed by atoms with van der Waals surface area (Å²) in [5.41, 5.74) is 2.13. The van der Waals surface area contributed by atoms with Crippen LogP contribution in [0.4, 0.5) is 4.39 Å². The molecule has 0 fully saturated rings. The molecule has 1 heterocycles. The van der Waals surface area contributed by atoms with Crippen molar-refractivity contribution < 1.29 is 4.39 Å². The van der Waals surface area contributed by atoms with Crippen LogP contribution in [0.25, 0.3) is 0 Å². The van der Waals surface area contributed by atoms with Crippen LogP contribution in [0.3, 0.4) is 0 Å². The van der Waals surface area contributed by atoms with Crippen molar-refractivity contribution in [3.8, 4) is 0 Å². The van der Waals surface area contributed by atoms with E-state index in [-0.39, 0.29) is 11.9 Å². The minimum Gasteiger partial charge on any atom is -0.310 e. The first-order valence-electron chi connectivity index (χ1n) is 6.08. The van der Waals surface area contributed by atoms with E-state index in [1.165, 1.54) is 6.07 Å². The highest BCUT2D eigenvalue weighted by atomic mass is 32.1. The van der Waals surface area contributed by atoms with Crippen LogP contribution in [0.2, 0.25) is 0 Å². The number of likely N-dealkylation sites (N-methyl/N-ethyl adjacent to an activating group) is 1. The number of halogens is 1. The minimum atomic E-state index is -0.183. The fourth-order valence-electron chi connectivity index (χ4n) is 2.05. The van der Waals surface area contributed by atoms with Gasteiger partial charge in [0.2, 0.25) is 0 Å². The lowest BCUT2D eigenvalue weighted by Crippen LogP contribution is -2.23. The van der Waals surface area contributed by atoms with E-state index in [9.17, 15) is 4.39 Å². The average molecular weight is 264 g/mol. The van der Waals surface area contributed by atoms with Gasteiger partial charge in [0.25, 0.3) is 0 Å². The number of hydrogen-bond donors (Lipinski definition) is 1. The van der Waals surface area contributed by atoms with Gasteiger partial charge in [0.1, 0.15) is 5.82 Å². The van der Waals surface area contributed by atoms with Crippen molar-refractivity contribution in [2.24, 2.45) is 0 Å². The number of rotatable bonds is 5. The Bertz CT molecular complexity index is 497. The van der Waals surface area contributed by atoms with Gasteiger partial charge in [-0.05, 0) is 36.7 Å². The first-order valence-corrected chi connectivity index (χ1v) is 6.96. The molecule has 0 aliphatic heterocycles. The van der Waals surface area contributed by atoms with Crippen molar-refractivity contribution in [3.63, 3.8) is 0 Å². The van der Waals surface area contributed by atoms with E-state index in [0.717, 1.165) is 29.1 Å². The molecule has 0 aliphatic rings. The molecule has 2 rings (SSSR count). The van der Waals surface area contributed by atoms with E-state index in [0.29, 0.717) is 0 Å². The quantitative estimate of drug-likeness (QED) is 0.894. The summed E-state index contributed by atoms with van der Waals surface area (Å²) in [7, 11) is 0. The molecule has 1 atom stereocenters. The second-order valence-electron chi connectivity index (χ2n) is 4.24. The molecule has 0 radical (unpaired) electrons.